The Hall–Kier alpha value is -0.0800. The quantitative estimate of drug-likeness (QED) is 0.550. The SMILES string of the molecule is C1CC(C2CCOC2)N1. The van der Waals surface area contributed by atoms with E-state index in [0.29, 0.717) is 0 Å². The van der Waals surface area contributed by atoms with Crippen molar-refractivity contribution in [2.24, 2.45) is 5.92 Å². The van der Waals surface area contributed by atoms with Crippen molar-refractivity contribution in [3.05, 3.63) is 0 Å². The molecule has 2 saturated heterocycles. The number of ether oxygens (including phenoxy) is 1. The van der Waals surface area contributed by atoms with Gasteiger partial charge in [0, 0.05) is 12.6 Å². The summed E-state index contributed by atoms with van der Waals surface area (Å²) in [5, 5.41) is 3.41. The lowest BCUT2D eigenvalue weighted by molar-refractivity contribution is 0.164. The first-order valence-corrected chi connectivity index (χ1v) is 3.78. The molecule has 1 N–H and O–H groups in total. The van der Waals surface area contributed by atoms with Gasteiger partial charge in [-0.25, -0.2) is 0 Å². The molecule has 2 nitrogen and oxygen atoms in total. The lowest BCUT2D eigenvalue weighted by atomic mass is 9.91. The Labute approximate surface area is 55.6 Å². The Morgan fingerprint density at radius 3 is 2.67 bits per heavy atom. The van der Waals surface area contributed by atoms with Crippen LogP contribution in [-0.2, 0) is 4.74 Å². The first-order valence-electron chi connectivity index (χ1n) is 3.78. The fourth-order valence-electron chi connectivity index (χ4n) is 1.58. The summed E-state index contributed by atoms with van der Waals surface area (Å²) in [6, 6.07) is 0.799. The van der Waals surface area contributed by atoms with E-state index in [2.05, 4.69) is 5.32 Å². The molecule has 0 aliphatic carbocycles. The van der Waals surface area contributed by atoms with E-state index >= 15 is 0 Å². The van der Waals surface area contributed by atoms with Crippen LogP contribution in [0.2, 0.25) is 0 Å². The van der Waals surface area contributed by atoms with Crippen molar-refractivity contribution < 1.29 is 4.74 Å². The predicted molar refractivity (Wildman–Crippen MR) is 35.3 cm³/mol. The summed E-state index contributed by atoms with van der Waals surface area (Å²) < 4.78 is 5.27. The van der Waals surface area contributed by atoms with Gasteiger partial charge in [0.25, 0.3) is 0 Å². The van der Waals surface area contributed by atoms with Crippen LogP contribution in [0.3, 0.4) is 0 Å². The van der Waals surface area contributed by atoms with Crippen LogP contribution in [0.1, 0.15) is 12.8 Å². The molecule has 0 aromatic rings. The molecule has 9 heavy (non-hydrogen) atoms. The summed E-state index contributed by atoms with van der Waals surface area (Å²) in [5.41, 5.74) is 0. The van der Waals surface area contributed by atoms with E-state index in [0.717, 1.165) is 25.2 Å². The number of nitrogens with one attached hydrogen (secondary N) is 1. The molecule has 2 rings (SSSR count). The van der Waals surface area contributed by atoms with Crippen LogP contribution >= 0.6 is 0 Å². The second-order valence-electron chi connectivity index (χ2n) is 2.97. The molecular formula is C7H13NO. The van der Waals surface area contributed by atoms with Gasteiger partial charge in [0.05, 0.1) is 6.61 Å². The van der Waals surface area contributed by atoms with Gasteiger partial charge in [-0.15, -0.1) is 0 Å². The largest absolute Gasteiger partial charge is 0.381 e. The summed E-state index contributed by atoms with van der Waals surface area (Å²) in [7, 11) is 0. The van der Waals surface area contributed by atoms with Gasteiger partial charge >= 0.3 is 0 Å². The lowest BCUT2D eigenvalue weighted by Crippen LogP contribution is -2.48. The van der Waals surface area contributed by atoms with Crippen molar-refractivity contribution in [1.29, 1.82) is 0 Å². The molecule has 0 bridgehead atoms. The average Bonchev–Trinajstić information content (AvgIpc) is 2.11. The van der Waals surface area contributed by atoms with Gasteiger partial charge in [-0.3, -0.25) is 0 Å². The minimum Gasteiger partial charge on any atom is -0.381 e. The van der Waals surface area contributed by atoms with Gasteiger partial charge in [0.1, 0.15) is 0 Å². The number of hydrogen-bond donors (Lipinski definition) is 1. The third-order valence-corrected chi connectivity index (χ3v) is 2.40. The fraction of sp³-hybridized carbons (Fsp3) is 1.00. The maximum atomic E-state index is 5.27. The summed E-state index contributed by atoms with van der Waals surface area (Å²) in [6.45, 7) is 3.21. The second-order valence-corrected chi connectivity index (χ2v) is 2.97. The Bertz CT molecular complexity index is 95.1. The average molecular weight is 127 g/mol. The van der Waals surface area contributed by atoms with Gasteiger partial charge in [-0.05, 0) is 25.3 Å². The molecule has 2 fully saturated rings. The molecule has 2 heteroatoms. The summed E-state index contributed by atoms with van der Waals surface area (Å²) in [5.74, 6) is 0.832. The highest BCUT2D eigenvalue weighted by molar-refractivity contribution is 4.86. The van der Waals surface area contributed by atoms with Crippen molar-refractivity contribution in [3.8, 4) is 0 Å². The smallest absolute Gasteiger partial charge is 0.0510 e. The summed E-state index contributed by atoms with van der Waals surface area (Å²) in [6.07, 6.45) is 2.64. The van der Waals surface area contributed by atoms with E-state index in [-0.39, 0.29) is 0 Å². The normalized spacial score (nSPS) is 42.7. The van der Waals surface area contributed by atoms with Gasteiger partial charge in [0.15, 0.2) is 0 Å². The van der Waals surface area contributed by atoms with Gasteiger partial charge in [-0.1, -0.05) is 0 Å². The standard InChI is InChI=1S/C7H13NO/c1-3-8-7(1)6-2-4-9-5-6/h6-8H,1-5H2. The van der Waals surface area contributed by atoms with E-state index in [4.69, 9.17) is 4.74 Å². The second kappa shape index (κ2) is 2.27. The van der Waals surface area contributed by atoms with Crippen molar-refractivity contribution in [1.82, 2.24) is 5.32 Å². The Kier molecular flexibility index (Phi) is 1.44. The lowest BCUT2D eigenvalue weighted by Gasteiger charge is -2.31. The first-order chi connectivity index (χ1) is 4.47. The third-order valence-electron chi connectivity index (χ3n) is 2.40. The molecule has 0 saturated carbocycles. The topological polar surface area (TPSA) is 21.3 Å². The summed E-state index contributed by atoms with van der Waals surface area (Å²) in [4.78, 5) is 0. The zero-order valence-electron chi connectivity index (χ0n) is 5.60. The van der Waals surface area contributed by atoms with Crippen molar-refractivity contribution in [3.63, 3.8) is 0 Å². The highest BCUT2D eigenvalue weighted by Crippen LogP contribution is 2.22. The Morgan fingerprint density at radius 1 is 1.33 bits per heavy atom. The maximum Gasteiger partial charge on any atom is 0.0510 e. The van der Waals surface area contributed by atoms with Crippen LogP contribution < -0.4 is 5.32 Å². The predicted octanol–water partition coefficient (Wildman–Crippen LogP) is 0.385. The minimum atomic E-state index is 0.799. The zero-order chi connectivity index (χ0) is 6.10. The molecule has 52 valence electrons. The molecule has 2 heterocycles. The van der Waals surface area contributed by atoms with Crippen LogP contribution in [0, 0.1) is 5.92 Å². The Balaban J connectivity index is 1.82. The molecule has 0 aromatic heterocycles. The molecule has 2 aliphatic heterocycles. The summed E-state index contributed by atoms with van der Waals surface area (Å²) >= 11 is 0. The van der Waals surface area contributed by atoms with Crippen LogP contribution in [0.4, 0.5) is 0 Å². The van der Waals surface area contributed by atoms with Crippen molar-refractivity contribution in [2.45, 2.75) is 18.9 Å². The molecule has 2 unspecified atom stereocenters. The minimum absolute atomic E-state index is 0.799. The van der Waals surface area contributed by atoms with E-state index < -0.39 is 0 Å². The van der Waals surface area contributed by atoms with Gasteiger partial charge in [-0.2, -0.15) is 0 Å². The van der Waals surface area contributed by atoms with Crippen molar-refractivity contribution in [2.75, 3.05) is 19.8 Å². The zero-order valence-corrected chi connectivity index (χ0v) is 5.60. The highest BCUT2D eigenvalue weighted by Gasteiger charge is 2.29. The van der Waals surface area contributed by atoms with E-state index in [9.17, 15) is 0 Å². The van der Waals surface area contributed by atoms with Crippen LogP contribution in [0.15, 0.2) is 0 Å². The van der Waals surface area contributed by atoms with E-state index in [1.807, 2.05) is 0 Å². The van der Waals surface area contributed by atoms with Gasteiger partial charge in [0.2, 0.25) is 0 Å². The van der Waals surface area contributed by atoms with Gasteiger partial charge < -0.3 is 10.1 Å². The first kappa shape index (κ1) is 5.69. The van der Waals surface area contributed by atoms with E-state index in [1.165, 1.54) is 19.4 Å². The van der Waals surface area contributed by atoms with Crippen LogP contribution in [-0.4, -0.2) is 25.8 Å². The molecule has 0 amide bonds. The monoisotopic (exact) mass is 127 g/mol. The maximum absolute atomic E-state index is 5.27. The van der Waals surface area contributed by atoms with E-state index in [1.54, 1.807) is 0 Å². The Morgan fingerprint density at radius 2 is 2.22 bits per heavy atom. The molecule has 0 radical (unpaired) electrons. The molecule has 0 aromatic carbocycles. The fourth-order valence-corrected chi connectivity index (χ4v) is 1.58. The number of rotatable bonds is 1. The molecule has 0 spiro atoms. The van der Waals surface area contributed by atoms with Crippen LogP contribution in [0.5, 0.6) is 0 Å². The number of hydrogen-bond acceptors (Lipinski definition) is 2. The third kappa shape index (κ3) is 0.970. The highest BCUT2D eigenvalue weighted by atomic mass is 16.5. The molecular weight excluding hydrogens is 114 g/mol. The van der Waals surface area contributed by atoms with Crippen LogP contribution in [0.25, 0.3) is 0 Å². The molecule has 2 aliphatic rings. The molecule has 2 atom stereocenters. The van der Waals surface area contributed by atoms with Crippen molar-refractivity contribution >= 4 is 0 Å².